The zero-order chi connectivity index (χ0) is 15.4. The SMILES string of the molecule is Cc1ccc(Oc2ccc(NC(=O)C3CCCN3)cc2)cc1.Cl. The van der Waals surface area contributed by atoms with Gasteiger partial charge in [0.05, 0.1) is 6.04 Å². The number of hydrogen-bond acceptors (Lipinski definition) is 3. The summed E-state index contributed by atoms with van der Waals surface area (Å²) in [5.41, 5.74) is 1.99. The van der Waals surface area contributed by atoms with Crippen molar-refractivity contribution in [3.63, 3.8) is 0 Å². The van der Waals surface area contributed by atoms with Crippen molar-refractivity contribution in [1.29, 1.82) is 0 Å². The van der Waals surface area contributed by atoms with Gasteiger partial charge in [0.1, 0.15) is 11.5 Å². The molecular weight excluding hydrogens is 312 g/mol. The average Bonchev–Trinajstić information content (AvgIpc) is 3.06. The van der Waals surface area contributed by atoms with Crippen LogP contribution < -0.4 is 15.4 Å². The van der Waals surface area contributed by atoms with Crippen molar-refractivity contribution >= 4 is 24.0 Å². The van der Waals surface area contributed by atoms with Crippen LogP contribution in [0.1, 0.15) is 18.4 Å². The number of carbonyl (C=O) groups excluding carboxylic acids is 1. The Bertz CT molecular complexity index is 635. The first kappa shape index (κ1) is 17.3. The zero-order valence-corrected chi connectivity index (χ0v) is 13.9. The van der Waals surface area contributed by atoms with E-state index in [4.69, 9.17) is 4.74 Å². The fraction of sp³-hybridized carbons (Fsp3) is 0.278. The highest BCUT2D eigenvalue weighted by atomic mass is 35.5. The Morgan fingerprint density at radius 3 is 2.26 bits per heavy atom. The number of anilines is 1. The number of aryl methyl sites for hydroxylation is 1. The van der Waals surface area contributed by atoms with Crippen molar-refractivity contribution in [2.75, 3.05) is 11.9 Å². The highest BCUT2D eigenvalue weighted by Crippen LogP contribution is 2.23. The van der Waals surface area contributed by atoms with Crippen molar-refractivity contribution in [2.24, 2.45) is 0 Å². The molecule has 0 spiro atoms. The molecule has 1 aliphatic rings. The monoisotopic (exact) mass is 332 g/mol. The van der Waals surface area contributed by atoms with Gasteiger partial charge >= 0.3 is 0 Å². The average molecular weight is 333 g/mol. The molecule has 1 amide bonds. The Morgan fingerprint density at radius 1 is 1.09 bits per heavy atom. The van der Waals surface area contributed by atoms with Crippen LogP contribution in [0.5, 0.6) is 11.5 Å². The maximum Gasteiger partial charge on any atom is 0.241 e. The predicted octanol–water partition coefficient (Wildman–Crippen LogP) is 3.90. The second kappa shape index (κ2) is 7.99. The topological polar surface area (TPSA) is 50.4 Å². The van der Waals surface area contributed by atoms with Crippen LogP contribution in [0, 0.1) is 6.92 Å². The summed E-state index contributed by atoms with van der Waals surface area (Å²) in [4.78, 5) is 12.0. The van der Waals surface area contributed by atoms with E-state index in [0.29, 0.717) is 0 Å². The molecule has 1 atom stereocenters. The molecule has 2 aromatic rings. The van der Waals surface area contributed by atoms with E-state index in [1.807, 2.05) is 55.5 Å². The number of carbonyl (C=O) groups is 1. The van der Waals surface area contributed by atoms with Gasteiger partial charge in [-0.05, 0) is 62.7 Å². The molecule has 2 N–H and O–H groups in total. The molecule has 1 saturated heterocycles. The molecule has 0 radical (unpaired) electrons. The Kier molecular flexibility index (Phi) is 6.02. The van der Waals surface area contributed by atoms with Gasteiger partial charge in [0.15, 0.2) is 0 Å². The summed E-state index contributed by atoms with van der Waals surface area (Å²) in [6.45, 7) is 2.96. The fourth-order valence-corrected chi connectivity index (χ4v) is 2.49. The van der Waals surface area contributed by atoms with Crippen LogP contribution in [0.3, 0.4) is 0 Å². The van der Waals surface area contributed by atoms with Crippen LogP contribution in [-0.4, -0.2) is 18.5 Å². The predicted molar refractivity (Wildman–Crippen MR) is 94.6 cm³/mol. The van der Waals surface area contributed by atoms with Gasteiger partial charge in [-0.15, -0.1) is 12.4 Å². The van der Waals surface area contributed by atoms with E-state index >= 15 is 0 Å². The molecule has 0 saturated carbocycles. The Hall–Kier alpha value is -2.04. The minimum Gasteiger partial charge on any atom is -0.457 e. The number of amides is 1. The van der Waals surface area contributed by atoms with Gasteiger partial charge in [-0.1, -0.05) is 17.7 Å². The molecule has 23 heavy (non-hydrogen) atoms. The maximum atomic E-state index is 12.0. The van der Waals surface area contributed by atoms with E-state index in [9.17, 15) is 4.79 Å². The van der Waals surface area contributed by atoms with Crippen molar-refractivity contribution in [1.82, 2.24) is 5.32 Å². The van der Waals surface area contributed by atoms with E-state index in [-0.39, 0.29) is 24.4 Å². The summed E-state index contributed by atoms with van der Waals surface area (Å²) < 4.78 is 5.77. The molecular formula is C18H21ClN2O2. The minimum absolute atomic E-state index is 0. The summed E-state index contributed by atoms with van der Waals surface area (Å²) in [6.07, 6.45) is 1.96. The lowest BCUT2D eigenvalue weighted by molar-refractivity contribution is -0.117. The van der Waals surface area contributed by atoms with E-state index < -0.39 is 0 Å². The number of ether oxygens (including phenoxy) is 1. The van der Waals surface area contributed by atoms with Gasteiger partial charge in [0, 0.05) is 5.69 Å². The molecule has 0 aliphatic carbocycles. The normalized spacial score (nSPS) is 16.5. The van der Waals surface area contributed by atoms with Gasteiger partial charge in [-0.3, -0.25) is 4.79 Å². The van der Waals surface area contributed by atoms with Crippen molar-refractivity contribution in [3.8, 4) is 11.5 Å². The second-order valence-electron chi connectivity index (χ2n) is 5.58. The van der Waals surface area contributed by atoms with Gasteiger partial charge in [0.25, 0.3) is 0 Å². The number of halogens is 1. The highest BCUT2D eigenvalue weighted by Gasteiger charge is 2.21. The minimum atomic E-state index is -0.0662. The third kappa shape index (κ3) is 4.71. The maximum absolute atomic E-state index is 12.0. The molecule has 5 heteroatoms. The van der Waals surface area contributed by atoms with Crippen LogP contribution in [0.2, 0.25) is 0 Å². The molecule has 0 bridgehead atoms. The summed E-state index contributed by atoms with van der Waals surface area (Å²) in [7, 11) is 0. The van der Waals surface area contributed by atoms with Crippen LogP contribution in [0.15, 0.2) is 48.5 Å². The quantitative estimate of drug-likeness (QED) is 0.892. The van der Waals surface area contributed by atoms with Gasteiger partial charge in [-0.2, -0.15) is 0 Å². The molecule has 1 heterocycles. The summed E-state index contributed by atoms with van der Waals surface area (Å²) in [5.74, 6) is 1.59. The van der Waals surface area contributed by atoms with Crippen molar-refractivity contribution < 1.29 is 9.53 Å². The lowest BCUT2D eigenvalue weighted by Gasteiger charge is -2.12. The number of hydrogen-bond donors (Lipinski definition) is 2. The third-order valence-electron chi connectivity index (χ3n) is 3.76. The summed E-state index contributed by atoms with van der Waals surface area (Å²) >= 11 is 0. The Balaban J connectivity index is 0.00000192. The number of benzene rings is 2. The van der Waals surface area contributed by atoms with Crippen molar-refractivity contribution in [3.05, 3.63) is 54.1 Å². The molecule has 3 rings (SSSR count). The first-order valence-corrected chi connectivity index (χ1v) is 7.59. The van der Waals surface area contributed by atoms with E-state index in [2.05, 4.69) is 10.6 Å². The van der Waals surface area contributed by atoms with Crippen LogP contribution in [0.25, 0.3) is 0 Å². The van der Waals surface area contributed by atoms with Gasteiger partial charge in [0.2, 0.25) is 5.91 Å². The largest absolute Gasteiger partial charge is 0.457 e. The first-order valence-electron chi connectivity index (χ1n) is 7.59. The number of nitrogens with one attached hydrogen (secondary N) is 2. The Morgan fingerprint density at radius 2 is 1.70 bits per heavy atom. The first-order chi connectivity index (χ1) is 10.7. The van der Waals surface area contributed by atoms with E-state index in [1.165, 1.54) is 5.56 Å². The Labute approximate surface area is 142 Å². The summed E-state index contributed by atoms with van der Waals surface area (Å²) in [5, 5.41) is 6.11. The van der Waals surface area contributed by atoms with E-state index in [0.717, 1.165) is 36.6 Å². The molecule has 0 aromatic heterocycles. The van der Waals surface area contributed by atoms with Gasteiger partial charge in [-0.25, -0.2) is 0 Å². The standard InChI is InChI=1S/C18H20N2O2.ClH/c1-13-4-8-15(9-5-13)22-16-10-6-14(7-11-16)20-18(21)17-3-2-12-19-17;/h4-11,17,19H,2-3,12H2,1H3,(H,20,21);1H. The van der Waals surface area contributed by atoms with Gasteiger partial charge < -0.3 is 15.4 Å². The highest BCUT2D eigenvalue weighted by molar-refractivity contribution is 5.95. The molecule has 1 aliphatic heterocycles. The summed E-state index contributed by atoms with van der Waals surface area (Å²) in [6, 6.07) is 15.3. The van der Waals surface area contributed by atoms with E-state index in [1.54, 1.807) is 0 Å². The molecule has 122 valence electrons. The second-order valence-corrected chi connectivity index (χ2v) is 5.58. The lowest BCUT2D eigenvalue weighted by atomic mass is 10.2. The van der Waals surface area contributed by atoms with Crippen LogP contribution in [0.4, 0.5) is 5.69 Å². The van der Waals surface area contributed by atoms with Crippen LogP contribution in [-0.2, 0) is 4.79 Å². The molecule has 1 fully saturated rings. The van der Waals surface area contributed by atoms with Crippen molar-refractivity contribution in [2.45, 2.75) is 25.8 Å². The third-order valence-corrected chi connectivity index (χ3v) is 3.76. The van der Waals surface area contributed by atoms with Crippen LogP contribution >= 0.6 is 12.4 Å². The zero-order valence-electron chi connectivity index (χ0n) is 13.0. The smallest absolute Gasteiger partial charge is 0.241 e. The lowest BCUT2D eigenvalue weighted by Crippen LogP contribution is -2.35. The molecule has 2 aromatic carbocycles. The number of rotatable bonds is 4. The molecule has 1 unspecified atom stereocenters. The fourth-order valence-electron chi connectivity index (χ4n) is 2.49. The molecule has 4 nitrogen and oxygen atoms in total.